The molecule has 2 N–H and O–H groups in total. The molecule has 0 aliphatic carbocycles. The maximum Gasteiger partial charge on any atom is 0.261 e. The molecule has 1 fully saturated rings. The number of rotatable bonds is 5. The Bertz CT molecular complexity index is 1020. The van der Waals surface area contributed by atoms with Crippen molar-refractivity contribution in [3.63, 3.8) is 0 Å². The van der Waals surface area contributed by atoms with E-state index in [2.05, 4.69) is 65.4 Å². The Hall–Kier alpha value is -1.07. The van der Waals surface area contributed by atoms with Crippen LogP contribution in [0.2, 0.25) is 0 Å². The Morgan fingerprint density at radius 3 is 2.42 bits per heavy atom. The molecule has 2 atom stereocenters. The third-order valence-electron chi connectivity index (χ3n) is 5.97. The van der Waals surface area contributed by atoms with Crippen LogP contribution in [0.15, 0.2) is 57.2 Å². The van der Waals surface area contributed by atoms with Crippen LogP contribution in [0.3, 0.4) is 0 Å². The van der Waals surface area contributed by atoms with Crippen LogP contribution in [0.4, 0.5) is 0 Å². The SMILES string of the molecule is CCC(O)CN1CCN(C2Cc3ccccc3Sc3ccc(SC)cc32)CC1.CS(=O)(=O)O. The van der Waals surface area contributed by atoms with Gasteiger partial charge >= 0.3 is 0 Å². The van der Waals surface area contributed by atoms with Crippen LogP contribution in [0, 0.1) is 0 Å². The number of thioether (sulfide) groups is 1. The summed E-state index contributed by atoms with van der Waals surface area (Å²) in [5.74, 6) is 0. The fourth-order valence-electron chi connectivity index (χ4n) is 4.23. The summed E-state index contributed by atoms with van der Waals surface area (Å²) in [6.07, 6.45) is 4.59. The lowest BCUT2D eigenvalue weighted by Crippen LogP contribution is -2.49. The van der Waals surface area contributed by atoms with Gasteiger partial charge < -0.3 is 5.11 Å². The van der Waals surface area contributed by atoms with E-state index in [-0.39, 0.29) is 6.10 Å². The van der Waals surface area contributed by atoms with Crippen LogP contribution in [-0.2, 0) is 16.5 Å². The Morgan fingerprint density at radius 2 is 1.79 bits per heavy atom. The van der Waals surface area contributed by atoms with Crippen molar-refractivity contribution in [2.45, 2.75) is 46.6 Å². The zero-order chi connectivity index (χ0) is 24.0. The Kier molecular flexibility index (Phi) is 9.70. The highest BCUT2D eigenvalue weighted by atomic mass is 32.2. The first-order valence-corrected chi connectivity index (χ1v) is 15.1. The molecule has 0 saturated carbocycles. The van der Waals surface area contributed by atoms with Crippen molar-refractivity contribution in [1.29, 1.82) is 0 Å². The lowest BCUT2D eigenvalue weighted by Gasteiger charge is -2.40. The molecule has 1 saturated heterocycles. The van der Waals surface area contributed by atoms with Crippen LogP contribution in [0.25, 0.3) is 0 Å². The summed E-state index contributed by atoms with van der Waals surface area (Å²) in [4.78, 5) is 9.23. The normalized spacial score (nSPS) is 20.1. The van der Waals surface area contributed by atoms with Crippen LogP contribution >= 0.6 is 23.5 Å². The number of hydrogen-bond donors (Lipinski definition) is 2. The second kappa shape index (κ2) is 12.1. The Labute approximate surface area is 206 Å². The smallest absolute Gasteiger partial charge is 0.261 e. The third-order valence-corrected chi connectivity index (χ3v) is 7.90. The third kappa shape index (κ3) is 7.99. The molecule has 182 valence electrons. The molecular formula is C24H34N2O4S3. The minimum Gasteiger partial charge on any atom is -0.392 e. The molecule has 2 aromatic rings. The summed E-state index contributed by atoms with van der Waals surface area (Å²) in [6, 6.07) is 16.3. The fraction of sp³-hybridized carbons (Fsp3) is 0.500. The van der Waals surface area contributed by atoms with Gasteiger partial charge in [-0.05, 0) is 54.5 Å². The topological polar surface area (TPSA) is 81.1 Å². The van der Waals surface area contributed by atoms with Crippen molar-refractivity contribution >= 4 is 33.6 Å². The second-order valence-corrected chi connectivity index (χ2v) is 11.9. The highest BCUT2D eigenvalue weighted by Crippen LogP contribution is 2.44. The maximum absolute atomic E-state index is 10.00. The van der Waals surface area contributed by atoms with Gasteiger partial charge in [0.2, 0.25) is 0 Å². The number of nitrogens with zero attached hydrogens (tertiary/aromatic N) is 2. The van der Waals surface area contributed by atoms with E-state index in [1.165, 1.54) is 25.8 Å². The highest BCUT2D eigenvalue weighted by Gasteiger charge is 2.30. The minimum absolute atomic E-state index is 0.197. The van der Waals surface area contributed by atoms with Crippen LogP contribution in [-0.4, -0.2) is 79.2 Å². The van der Waals surface area contributed by atoms with E-state index < -0.39 is 10.1 Å². The number of aliphatic hydroxyl groups excluding tert-OH is 1. The number of hydrogen-bond acceptors (Lipinski definition) is 7. The summed E-state index contributed by atoms with van der Waals surface area (Å²) in [5, 5.41) is 10.00. The first-order chi connectivity index (χ1) is 15.7. The van der Waals surface area contributed by atoms with Crippen molar-refractivity contribution in [2.75, 3.05) is 45.2 Å². The maximum atomic E-state index is 10.00. The molecule has 0 spiro atoms. The van der Waals surface area contributed by atoms with Crippen molar-refractivity contribution in [3.05, 3.63) is 53.6 Å². The molecule has 0 aromatic heterocycles. The summed E-state index contributed by atoms with van der Waals surface area (Å²) in [7, 11) is -3.67. The molecule has 2 heterocycles. The van der Waals surface area contributed by atoms with E-state index in [9.17, 15) is 13.5 Å². The van der Waals surface area contributed by atoms with Gasteiger partial charge in [-0.25, -0.2) is 0 Å². The number of piperazine rings is 1. The molecule has 2 aliphatic rings. The van der Waals surface area contributed by atoms with Crippen molar-refractivity contribution < 1.29 is 18.1 Å². The molecule has 33 heavy (non-hydrogen) atoms. The summed E-state index contributed by atoms with van der Waals surface area (Å²) in [6.45, 7) is 7.08. The number of β-amino-alcohol motifs (C(OH)–C–C–N with tert-alkyl or cyclic N) is 1. The predicted octanol–water partition coefficient (Wildman–Crippen LogP) is 4.05. The fourth-order valence-corrected chi connectivity index (χ4v) is 5.79. The van der Waals surface area contributed by atoms with Crippen LogP contribution in [0.1, 0.15) is 30.5 Å². The zero-order valence-electron chi connectivity index (χ0n) is 19.5. The zero-order valence-corrected chi connectivity index (χ0v) is 21.9. The van der Waals surface area contributed by atoms with Gasteiger partial charge in [0.05, 0.1) is 12.4 Å². The first-order valence-electron chi connectivity index (χ1n) is 11.2. The average molecular weight is 511 g/mol. The van der Waals surface area contributed by atoms with Gasteiger partial charge in [0, 0.05) is 53.5 Å². The summed E-state index contributed by atoms with van der Waals surface area (Å²) in [5.41, 5.74) is 2.94. The molecule has 4 rings (SSSR count). The predicted molar refractivity (Wildman–Crippen MR) is 137 cm³/mol. The molecule has 0 bridgehead atoms. The molecule has 0 radical (unpaired) electrons. The number of benzene rings is 2. The van der Waals surface area contributed by atoms with Gasteiger partial charge in [-0.2, -0.15) is 8.42 Å². The monoisotopic (exact) mass is 510 g/mol. The molecular weight excluding hydrogens is 476 g/mol. The van der Waals surface area contributed by atoms with Gasteiger partial charge in [0.25, 0.3) is 10.1 Å². The van der Waals surface area contributed by atoms with E-state index in [1.807, 2.05) is 23.5 Å². The van der Waals surface area contributed by atoms with Crippen molar-refractivity contribution in [1.82, 2.24) is 9.80 Å². The number of aliphatic hydroxyl groups is 1. The summed E-state index contributed by atoms with van der Waals surface area (Å²) < 4.78 is 25.9. The van der Waals surface area contributed by atoms with Gasteiger partial charge in [-0.1, -0.05) is 36.9 Å². The molecule has 2 aliphatic heterocycles. The van der Waals surface area contributed by atoms with Crippen LogP contribution in [0.5, 0.6) is 0 Å². The van der Waals surface area contributed by atoms with Gasteiger partial charge in [-0.15, -0.1) is 11.8 Å². The van der Waals surface area contributed by atoms with Crippen molar-refractivity contribution in [2.24, 2.45) is 0 Å². The average Bonchev–Trinajstić information content (AvgIpc) is 2.94. The van der Waals surface area contributed by atoms with Crippen molar-refractivity contribution in [3.8, 4) is 0 Å². The molecule has 6 nitrogen and oxygen atoms in total. The first kappa shape index (κ1) is 26.5. The second-order valence-electron chi connectivity index (χ2n) is 8.47. The quantitative estimate of drug-likeness (QED) is 0.461. The molecule has 9 heteroatoms. The summed E-state index contributed by atoms with van der Waals surface area (Å²) >= 11 is 3.75. The largest absolute Gasteiger partial charge is 0.392 e. The molecule has 2 unspecified atom stereocenters. The van der Waals surface area contributed by atoms with E-state index in [4.69, 9.17) is 4.55 Å². The minimum atomic E-state index is -3.67. The van der Waals surface area contributed by atoms with Gasteiger partial charge in [0.1, 0.15) is 0 Å². The lowest BCUT2D eigenvalue weighted by molar-refractivity contribution is 0.0541. The Balaban J connectivity index is 0.000000555. The lowest BCUT2D eigenvalue weighted by atomic mass is 9.96. The van der Waals surface area contributed by atoms with E-state index in [0.717, 1.165) is 45.6 Å². The standard InChI is InChI=1S/C23H30N2OS2.CH4O3S/c1-3-18(26)16-24-10-12-25(13-11-24)21-14-17-6-4-5-7-22(17)28-23-9-8-19(27-2)15-20(21)23;1-5(2,3)4/h4-9,15,18,21,26H,3,10-14,16H2,1-2H3;1H3,(H,2,3,4). The van der Waals surface area contributed by atoms with Gasteiger partial charge in [-0.3, -0.25) is 14.4 Å². The number of fused-ring (bicyclic) bond motifs is 2. The van der Waals surface area contributed by atoms with Gasteiger partial charge in [0.15, 0.2) is 0 Å². The van der Waals surface area contributed by atoms with Crippen LogP contribution < -0.4 is 0 Å². The Morgan fingerprint density at radius 1 is 1.12 bits per heavy atom. The van der Waals surface area contributed by atoms with E-state index >= 15 is 0 Å². The van der Waals surface area contributed by atoms with E-state index in [0.29, 0.717) is 12.3 Å². The molecule has 0 amide bonds. The highest BCUT2D eigenvalue weighted by molar-refractivity contribution is 7.99. The molecule has 2 aromatic carbocycles. The van der Waals surface area contributed by atoms with E-state index in [1.54, 1.807) is 0 Å².